The largest absolute Gasteiger partial charge is 0.416 e. The molecule has 5 rings (SSSR count). The van der Waals surface area contributed by atoms with E-state index in [0.29, 0.717) is 30.8 Å². The Morgan fingerprint density at radius 2 is 1.59 bits per heavy atom. The van der Waals surface area contributed by atoms with E-state index in [4.69, 9.17) is 10.00 Å². The summed E-state index contributed by atoms with van der Waals surface area (Å²) in [4.78, 5) is 30.7. The fourth-order valence-corrected chi connectivity index (χ4v) is 4.92. The molecular weight excluding hydrogens is 426 g/mol. The molecule has 0 aromatic heterocycles. The summed E-state index contributed by atoms with van der Waals surface area (Å²) in [6, 6.07) is 23.7. The molecule has 2 heterocycles. The third kappa shape index (κ3) is 4.01. The zero-order valence-electron chi connectivity index (χ0n) is 19.0. The Balaban J connectivity index is 1.45. The average molecular weight is 452 g/mol. The summed E-state index contributed by atoms with van der Waals surface area (Å²) in [7, 11) is 0. The minimum Gasteiger partial charge on any atom is -0.410 e. The summed E-state index contributed by atoms with van der Waals surface area (Å²) >= 11 is 0. The number of carbonyl (C=O) groups excluding carboxylic acids is 2. The van der Waals surface area contributed by atoms with Crippen molar-refractivity contribution in [2.75, 3.05) is 6.54 Å². The van der Waals surface area contributed by atoms with Crippen LogP contribution in [0.25, 0.3) is 0 Å². The number of nitrogens with zero attached hydrogens (tertiary/aromatic N) is 3. The first kappa shape index (κ1) is 21.7. The van der Waals surface area contributed by atoms with Gasteiger partial charge in [0, 0.05) is 19.1 Å². The molecule has 170 valence electrons. The molecule has 0 aliphatic carbocycles. The van der Waals surface area contributed by atoms with Gasteiger partial charge in [-0.05, 0) is 66.3 Å². The standard InChI is InChI=1S/C28H25N3O3/c1-19-16-22-7-2-3-8-23(22)18-31(19)27(32)26-25-9-5-4-6-21(25)14-15-30(26)28(33)34-24-12-10-20(17-29)11-13-24/h2-13,19,26H,14-16,18H2,1H3/t19-,26?/m1/s1. The highest BCUT2D eigenvalue weighted by Gasteiger charge is 2.41. The Kier molecular flexibility index (Phi) is 5.77. The molecule has 2 aliphatic heterocycles. The Hall–Kier alpha value is -4.11. The molecule has 3 aromatic rings. The number of fused-ring (bicyclic) bond motifs is 2. The Morgan fingerprint density at radius 3 is 2.32 bits per heavy atom. The van der Waals surface area contributed by atoms with E-state index in [0.717, 1.165) is 23.1 Å². The van der Waals surface area contributed by atoms with Crippen molar-refractivity contribution in [1.29, 1.82) is 5.26 Å². The number of hydrogen-bond acceptors (Lipinski definition) is 4. The van der Waals surface area contributed by atoms with Crippen molar-refractivity contribution < 1.29 is 14.3 Å². The van der Waals surface area contributed by atoms with Crippen LogP contribution in [0.15, 0.2) is 72.8 Å². The van der Waals surface area contributed by atoms with E-state index in [9.17, 15) is 9.59 Å². The maximum atomic E-state index is 14.0. The van der Waals surface area contributed by atoms with Crippen LogP contribution in [0.1, 0.15) is 40.8 Å². The van der Waals surface area contributed by atoms with Crippen LogP contribution in [0, 0.1) is 11.3 Å². The van der Waals surface area contributed by atoms with Gasteiger partial charge in [0.2, 0.25) is 0 Å². The number of nitriles is 1. The Morgan fingerprint density at radius 1 is 0.912 bits per heavy atom. The van der Waals surface area contributed by atoms with Crippen molar-refractivity contribution in [3.63, 3.8) is 0 Å². The molecule has 0 N–H and O–H groups in total. The molecule has 0 spiro atoms. The molecular formula is C28H25N3O3. The van der Waals surface area contributed by atoms with Crippen molar-refractivity contribution in [2.45, 2.75) is 38.4 Å². The second-order valence-corrected chi connectivity index (χ2v) is 8.84. The number of carbonyl (C=O) groups is 2. The summed E-state index contributed by atoms with van der Waals surface area (Å²) in [6.45, 7) is 2.97. The molecule has 2 atom stereocenters. The van der Waals surface area contributed by atoms with Gasteiger partial charge < -0.3 is 9.64 Å². The van der Waals surface area contributed by atoms with Gasteiger partial charge in [0.15, 0.2) is 0 Å². The summed E-state index contributed by atoms with van der Waals surface area (Å²) < 4.78 is 5.63. The van der Waals surface area contributed by atoms with Gasteiger partial charge in [-0.3, -0.25) is 9.69 Å². The highest BCUT2D eigenvalue weighted by molar-refractivity contribution is 5.88. The van der Waals surface area contributed by atoms with Gasteiger partial charge in [-0.2, -0.15) is 5.26 Å². The fourth-order valence-electron chi connectivity index (χ4n) is 4.92. The van der Waals surface area contributed by atoms with Crippen LogP contribution in [0.2, 0.25) is 0 Å². The predicted molar refractivity (Wildman–Crippen MR) is 127 cm³/mol. The quantitative estimate of drug-likeness (QED) is 0.569. The van der Waals surface area contributed by atoms with Crippen LogP contribution < -0.4 is 4.74 Å². The molecule has 6 heteroatoms. The predicted octanol–water partition coefficient (Wildman–Crippen LogP) is 4.63. The molecule has 2 aliphatic rings. The van der Waals surface area contributed by atoms with E-state index in [-0.39, 0.29) is 11.9 Å². The lowest BCUT2D eigenvalue weighted by Gasteiger charge is -2.42. The fraction of sp³-hybridized carbons (Fsp3) is 0.250. The van der Waals surface area contributed by atoms with E-state index >= 15 is 0 Å². The van der Waals surface area contributed by atoms with E-state index in [1.165, 1.54) is 10.5 Å². The van der Waals surface area contributed by atoms with Crippen molar-refractivity contribution in [2.24, 2.45) is 0 Å². The molecule has 2 amide bonds. The monoisotopic (exact) mass is 451 g/mol. The minimum atomic E-state index is -0.747. The normalized spacial score (nSPS) is 18.9. The first-order valence-corrected chi connectivity index (χ1v) is 11.5. The van der Waals surface area contributed by atoms with Crippen molar-refractivity contribution >= 4 is 12.0 Å². The molecule has 0 bridgehead atoms. The summed E-state index contributed by atoms with van der Waals surface area (Å²) in [5, 5.41) is 9.00. The van der Waals surface area contributed by atoms with E-state index < -0.39 is 12.1 Å². The van der Waals surface area contributed by atoms with Crippen LogP contribution in [0.5, 0.6) is 5.75 Å². The molecule has 0 saturated heterocycles. The van der Waals surface area contributed by atoms with Gasteiger partial charge in [0.05, 0.1) is 11.6 Å². The molecule has 3 aromatic carbocycles. The SMILES string of the molecule is C[C@@H]1Cc2ccccc2CN1C(=O)C1c2ccccc2CCN1C(=O)Oc1ccc(C#N)cc1. The molecule has 1 unspecified atom stereocenters. The maximum Gasteiger partial charge on any atom is 0.416 e. The lowest BCUT2D eigenvalue weighted by Crippen LogP contribution is -2.52. The number of hydrogen-bond donors (Lipinski definition) is 0. The minimum absolute atomic E-state index is 0.0212. The lowest BCUT2D eigenvalue weighted by molar-refractivity contribution is -0.140. The molecule has 6 nitrogen and oxygen atoms in total. The summed E-state index contributed by atoms with van der Waals surface area (Å²) in [5.41, 5.74) is 4.82. The van der Waals surface area contributed by atoms with Crippen molar-refractivity contribution in [3.8, 4) is 11.8 Å². The van der Waals surface area contributed by atoms with Gasteiger partial charge >= 0.3 is 6.09 Å². The second-order valence-electron chi connectivity index (χ2n) is 8.84. The van der Waals surface area contributed by atoms with Gasteiger partial charge in [-0.25, -0.2) is 4.79 Å². The van der Waals surface area contributed by atoms with Crippen molar-refractivity contribution in [1.82, 2.24) is 9.80 Å². The zero-order valence-corrected chi connectivity index (χ0v) is 19.0. The molecule has 0 radical (unpaired) electrons. The average Bonchev–Trinajstić information content (AvgIpc) is 2.87. The number of ether oxygens (including phenoxy) is 1. The van der Waals surface area contributed by atoms with E-state index in [1.54, 1.807) is 24.3 Å². The third-order valence-electron chi connectivity index (χ3n) is 6.73. The van der Waals surface area contributed by atoms with Crippen LogP contribution in [-0.2, 0) is 24.2 Å². The molecule has 34 heavy (non-hydrogen) atoms. The second kappa shape index (κ2) is 9.03. The summed E-state index contributed by atoms with van der Waals surface area (Å²) in [6.07, 6.45) is 0.870. The van der Waals surface area contributed by atoms with Crippen LogP contribution in [-0.4, -0.2) is 34.4 Å². The van der Waals surface area contributed by atoms with E-state index in [1.807, 2.05) is 41.3 Å². The topological polar surface area (TPSA) is 73.6 Å². The third-order valence-corrected chi connectivity index (χ3v) is 6.73. The Labute approximate surface area is 199 Å². The first-order valence-electron chi connectivity index (χ1n) is 11.5. The van der Waals surface area contributed by atoms with Crippen LogP contribution in [0.4, 0.5) is 4.79 Å². The van der Waals surface area contributed by atoms with Crippen molar-refractivity contribution in [3.05, 3.63) is 101 Å². The first-order chi connectivity index (χ1) is 16.5. The van der Waals surface area contributed by atoms with Crippen LogP contribution in [0.3, 0.4) is 0 Å². The molecule has 0 saturated carbocycles. The smallest absolute Gasteiger partial charge is 0.410 e. The number of amides is 2. The zero-order chi connectivity index (χ0) is 23.7. The van der Waals surface area contributed by atoms with Gasteiger partial charge in [0.25, 0.3) is 5.91 Å². The van der Waals surface area contributed by atoms with E-state index in [2.05, 4.69) is 25.1 Å². The lowest BCUT2D eigenvalue weighted by atomic mass is 9.89. The maximum absolute atomic E-state index is 14.0. The number of benzene rings is 3. The molecule has 0 fully saturated rings. The summed E-state index contributed by atoms with van der Waals surface area (Å²) in [5.74, 6) is 0.250. The number of rotatable bonds is 2. The van der Waals surface area contributed by atoms with Gasteiger partial charge in [-0.1, -0.05) is 48.5 Å². The highest BCUT2D eigenvalue weighted by atomic mass is 16.6. The van der Waals surface area contributed by atoms with Gasteiger partial charge in [0.1, 0.15) is 11.8 Å². The van der Waals surface area contributed by atoms with Crippen LogP contribution >= 0.6 is 0 Å². The van der Waals surface area contributed by atoms with Gasteiger partial charge in [-0.15, -0.1) is 0 Å². The highest BCUT2D eigenvalue weighted by Crippen LogP contribution is 2.35. The Bertz CT molecular complexity index is 1280.